The third-order valence-corrected chi connectivity index (χ3v) is 3.83. The minimum Gasteiger partial charge on any atom is -0.330 e. The summed E-state index contributed by atoms with van der Waals surface area (Å²) in [6, 6.07) is 5.93. The largest absolute Gasteiger partial charge is 0.330 e. The molecule has 0 saturated carbocycles. The molecule has 1 aromatic carbocycles. The van der Waals surface area contributed by atoms with E-state index in [1.165, 1.54) is 0 Å². The molecule has 2 aromatic rings. The summed E-state index contributed by atoms with van der Waals surface area (Å²) < 4.78 is 2.14. The molecule has 1 N–H and O–H groups in total. The first-order valence-electron chi connectivity index (χ1n) is 6.28. The SMILES string of the molecule is Cn1c(CN2CCNCC2)nc2c(Cl)cccc21. The highest BCUT2D eigenvalue weighted by Crippen LogP contribution is 2.23. The van der Waals surface area contributed by atoms with Gasteiger partial charge in [-0.15, -0.1) is 0 Å². The number of benzene rings is 1. The molecule has 1 saturated heterocycles. The van der Waals surface area contributed by atoms with Gasteiger partial charge in [0, 0.05) is 33.2 Å². The molecule has 1 aliphatic rings. The van der Waals surface area contributed by atoms with E-state index >= 15 is 0 Å². The van der Waals surface area contributed by atoms with E-state index in [9.17, 15) is 0 Å². The maximum absolute atomic E-state index is 6.19. The topological polar surface area (TPSA) is 33.1 Å². The van der Waals surface area contributed by atoms with Crippen molar-refractivity contribution in [1.29, 1.82) is 0 Å². The summed E-state index contributed by atoms with van der Waals surface area (Å²) >= 11 is 6.19. The van der Waals surface area contributed by atoms with Crippen molar-refractivity contribution in [3.63, 3.8) is 0 Å². The molecular weight excluding hydrogens is 248 g/mol. The number of para-hydroxylation sites is 1. The molecule has 2 heterocycles. The van der Waals surface area contributed by atoms with Crippen LogP contribution in [0.1, 0.15) is 5.82 Å². The smallest absolute Gasteiger partial charge is 0.123 e. The summed E-state index contributed by atoms with van der Waals surface area (Å²) in [5.74, 6) is 1.08. The van der Waals surface area contributed by atoms with Gasteiger partial charge in [0.2, 0.25) is 0 Å². The average Bonchev–Trinajstić information content (AvgIpc) is 2.70. The molecule has 0 amide bonds. The van der Waals surface area contributed by atoms with E-state index in [1.54, 1.807) is 0 Å². The van der Waals surface area contributed by atoms with E-state index in [4.69, 9.17) is 11.6 Å². The quantitative estimate of drug-likeness (QED) is 0.895. The van der Waals surface area contributed by atoms with Crippen LogP contribution in [0.3, 0.4) is 0 Å². The predicted molar refractivity (Wildman–Crippen MR) is 73.9 cm³/mol. The zero-order valence-electron chi connectivity index (χ0n) is 10.5. The lowest BCUT2D eigenvalue weighted by atomic mass is 10.3. The van der Waals surface area contributed by atoms with Crippen molar-refractivity contribution in [2.24, 2.45) is 7.05 Å². The number of hydrogen-bond donors (Lipinski definition) is 1. The molecule has 18 heavy (non-hydrogen) atoms. The maximum atomic E-state index is 6.19. The van der Waals surface area contributed by atoms with Gasteiger partial charge in [0.25, 0.3) is 0 Å². The fourth-order valence-electron chi connectivity index (χ4n) is 2.44. The minimum absolute atomic E-state index is 0.731. The van der Waals surface area contributed by atoms with Gasteiger partial charge in [0.05, 0.1) is 17.1 Å². The van der Waals surface area contributed by atoms with Crippen LogP contribution in [-0.2, 0) is 13.6 Å². The Kier molecular flexibility index (Phi) is 3.24. The molecular formula is C13H17ClN4. The summed E-state index contributed by atoms with van der Waals surface area (Å²) in [6.45, 7) is 5.17. The fraction of sp³-hybridized carbons (Fsp3) is 0.462. The second-order valence-electron chi connectivity index (χ2n) is 4.72. The van der Waals surface area contributed by atoms with Crippen LogP contribution in [0.2, 0.25) is 5.02 Å². The van der Waals surface area contributed by atoms with Gasteiger partial charge in [-0.1, -0.05) is 17.7 Å². The van der Waals surface area contributed by atoms with Gasteiger partial charge in [-0.05, 0) is 12.1 Å². The zero-order valence-corrected chi connectivity index (χ0v) is 11.2. The predicted octanol–water partition coefficient (Wildman–Crippen LogP) is 1.63. The van der Waals surface area contributed by atoms with Gasteiger partial charge in [0.1, 0.15) is 11.3 Å². The first-order valence-corrected chi connectivity index (χ1v) is 6.66. The number of piperazine rings is 1. The molecule has 3 rings (SSSR count). The van der Waals surface area contributed by atoms with Crippen LogP contribution in [0.25, 0.3) is 11.0 Å². The molecule has 0 aliphatic carbocycles. The highest BCUT2D eigenvalue weighted by Gasteiger charge is 2.15. The molecule has 0 unspecified atom stereocenters. The Morgan fingerprint density at radius 2 is 2.11 bits per heavy atom. The zero-order chi connectivity index (χ0) is 12.5. The van der Waals surface area contributed by atoms with Gasteiger partial charge >= 0.3 is 0 Å². The van der Waals surface area contributed by atoms with Gasteiger partial charge in [-0.2, -0.15) is 0 Å². The second kappa shape index (κ2) is 4.88. The lowest BCUT2D eigenvalue weighted by molar-refractivity contribution is 0.226. The van der Waals surface area contributed by atoms with Crippen molar-refractivity contribution in [1.82, 2.24) is 19.8 Å². The second-order valence-corrected chi connectivity index (χ2v) is 5.13. The Morgan fingerprint density at radius 3 is 2.83 bits per heavy atom. The number of imidazole rings is 1. The molecule has 0 spiro atoms. The molecule has 96 valence electrons. The summed E-state index contributed by atoms with van der Waals surface area (Å²) in [6.07, 6.45) is 0. The van der Waals surface area contributed by atoms with Crippen LogP contribution in [0.5, 0.6) is 0 Å². The van der Waals surface area contributed by atoms with Gasteiger partial charge in [-0.25, -0.2) is 4.98 Å². The molecule has 0 radical (unpaired) electrons. The van der Waals surface area contributed by atoms with E-state index in [0.717, 1.165) is 54.6 Å². The Morgan fingerprint density at radius 1 is 1.33 bits per heavy atom. The number of aryl methyl sites for hydroxylation is 1. The van der Waals surface area contributed by atoms with Crippen LogP contribution in [-0.4, -0.2) is 40.6 Å². The summed E-state index contributed by atoms with van der Waals surface area (Å²) in [5.41, 5.74) is 2.01. The van der Waals surface area contributed by atoms with E-state index in [2.05, 4.69) is 32.9 Å². The first kappa shape index (κ1) is 12.0. The third-order valence-electron chi connectivity index (χ3n) is 3.53. The third kappa shape index (κ3) is 2.11. The van der Waals surface area contributed by atoms with E-state index in [0.29, 0.717) is 0 Å². The molecule has 1 aliphatic heterocycles. The number of rotatable bonds is 2. The Balaban J connectivity index is 1.92. The maximum Gasteiger partial charge on any atom is 0.123 e. The highest BCUT2D eigenvalue weighted by atomic mass is 35.5. The van der Waals surface area contributed by atoms with Gasteiger partial charge in [0.15, 0.2) is 0 Å². The Hall–Kier alpha value is -1.10. The van der Waals surface area contributed by atoms with E-state index < -0.39 is 0 Å². The Bertz CT molecular complexity index is 557. The van der Waals surface area contributed by atoms with Crippen molar-refractivity contribution in [3.8, 4) is 0 Å². The van der Waals surface area contributed by atoms with Crippen molar-refractivity contribution in [2.45, 2.75) is 6.54 Å². The van der Waals surface area contributed by atoms with Crippen LogP contribution in [0.15, 0.2) is 18.2 Å². The first-order chi connectivity index (χ1) is 8.75. The van der Waals surface area contributed by atoms with Crippen molar-refractivity contribution in [2.75, 3.05) is 26.2 Å². The van der Waals surface area contributed by atoms with Crippen LogP contribution < -0.4 is 5.32 Å². The number of nitrogens with one attached hydrogen (secondary N) is 1. The van der Waals surface area contributed by atoms with Gasteiger partial charge in [-0.3, -0.25) is 4.90 Å². The van der Waals surface area contributed by atoms with Crippen LogP contribution in [0, 0.1) is 0 Å². The van der Waals surface area contributed by atoms with E-state index in [-0.39, 0.29) is 0 Å². The Labute approximate surface area is 112 Å². The average molecular weight is 265 g/mol. The standard InChI is InChI=1S/C13H17ClN4/c1-17-11-4-2-3-10(14)13(11)16-12(17)9-18-7-5-15-6-8-18/h2-4,15H,5-9H2,1H3. The molecule has 5 heteroatoms. The molecule has 0 atom stereocenters. The fourth-order valence-corrected chi connectivity index (χ4v) is 2.65. The normalized spacial score (nSPS) is 17.4. The van der Waals surface area contributed by atoms with Gasteiger partial charge < -0.3 is 9.88 Å². The number of nitrogens with zero attached hydrogens (tertiary/aromatic N) is 3. The minimum atomic E-state index is 0.731. The summed E-state index contributed by atoms with van der Waals surface area (Å²) in [5, 5.41) is 4.09. The number of fused-ring (bicyclic) bond motifs is 1. The molecule has 1 aromatic heterocycles. The summed E-state index contributed by atoms with van der Waals surface area (Å²) in [4.78, 5) is 7.10. The van der Waals surface area contributed by atoms with Crippen molar-refractivity contribution < 1.29 is 0 Å². The van der Waals surface area contributed by atoms with Crippen LogP contribution in [0.4, 0.5) is 0 Å². The number of hydrogen-bond acceptors (Lipinski definition) is 3. The monoisotopic (exact) mass is 264 g/mol. The molecule has 1 fully saturated rings. The van der Waals surface area contributed by atoms with Crippen LogP contribution >= 0.6 is 11.6 Å². The lowest BCUT2D eigenvalue weighted by Crippen LogP contribution is -2.43. The van der Waals surface area contributed by atoms with Crippen molar-refractivity contribution in [3.05, 3.63) is 29.0 Å². The van der Waals surface area contributed by atoms with Crippen molar-refractivity contribution >= 4 is 22.6 Å². The number of aromatic nitrogens is 2. The molecule has 4 nitrogen and oxygen atoms in total. The number of halogens is 1. The summed E-state index contributed by atoms with van der Waals surface area (Å²) in [7, 11) is 2.06. The molecule has 0 bridgehead atoms. The van der Waals surface area contributed by atoms with E-state index in [1.807, 2.05) is 12.1 Å². The lowest BCUT2D eigenvalue weighted by Gasteiger charge is -2.26. The highest BCUT2D eigenvalue weighted by molar-refractivity contribution is 6.34.